The summed E-state index contributed by atoms with van der Waals surface area (Å²) in [6, 6.07) is 2.17. The van der Waals surface area contributed by atoms with Gasteiger partial charge in [-0.05, 0) is 32.4 Å². The smallest absolute Gasteiger partial charge is 0.345 e. The summed E-state index contributed by atoms with van der Waals surface area (Å²) >= 11 is 0.878. The topological polar surface area (TPSA) is 95.5 Å². The van der Waals surface area contributed by atoms with E-state index in [1.54, 1.807) is 6.92 Å². The second-order valence-electron chi connectivity index (χ2n) is 4.48. The third kappa shape index (κ3) is 4.34. The number of aromatic carboxylic acids is 1. The highest BCUT2D eigenvalue weighted by Gasteiger charge is 2.19. The lowest BCUT2D eigenvalue weighted by atomic mass is 10.2. The normalized spacial score (nSPS) is 13.3. The molecule has 0 spiro atoms. The van der Waals surface area contributed by atoms with Crippen molar-refractivity contribution in [3.8, 4) is 0 Å². The van der Waals surface area contributed by atoms with E-state index in [1.165, 1.54) is 12.1 Å². The van der Waals surface area contributed by atoms with E-state index in [2.05, 4.69) is 10.6 Å². The minimum absolute atomic E-state index is 0.0437. The van der Waals surface area contributed by atoms with Crippen LogP contribution < -0.4 is 10.6 Å². The molecule has 1 heterocycles. The first-order chi connectivity index (χ1) is 9.35. The molecule has 3 N–H and O–H groups in total. The fraction of sp³-hybridized carbons (Fsp3) is 0.462. The van der Waals surface area contributed by atoms with Gasteiger partial charge in [0, 0.05) is 6.04 Å². The summed E-state index contributed by atoms with van der Waals surface area (Å²) in [6.07, 6.45) is 0.805. The minimum Gasteiger partial charge on any atom is -0.477 e. The van der Waals surface area contributed by atoms with Gasteiger partial charge in [-0.2, -0.15) is 0 Å². The fourth-order valence-corrected chi connectivity index (χ4v) is 2.13. The van der Waals surface area contributed by atoms with Crippen LogP contribution in [-0.2, 0) is 4.79 Å². The molecule has 6 nitrogen and oxygen atoms in total. The number of rotatable bonds is 6. The zero-order valence-corrected chi connectivity index (χ0v) is 12.4. The van der Waals surface area contributed by atoms with Gasteiger partial charge in [0.1, 0.15) is 10.9 Å². The van der Waals surface area contributed by atoms with Crippen LogP contribution in [0.3, 0.4) is 0 Å². The average molecular weight is 298 g/mol. The van der Waals surface area contributed by atoms with Crippen molar-refractivity contribution in [2.75, 3.05) is 0 Å². The standard InChI is InChI=1S/C13H18N2O4S/c1-4-7(2)14-11(16)8(3)15-12(17)9-5-6-10(20-9)13(18)19/h5-8H,4H2,1-3H3,(H,14,16)(H,15,17)(H,18,19). The molecule has 110 valence electrons. The predicted molar refractivity (Wildman–Crippen MR) is 76.1 cm³/mol. The zero-order valence-electron chi connectivity index (χ0n) is 11.6. The maximum Gasteiger partial charge on any atom is 0.345 e. The van der Waals surface area contributed by atoms with Crippen LogP contribution in [0.15, 0.2) is 12.1 Å². The number of hydrogen-bond donors (Lipinski definition) is 3. The van der Waals surface area contributed by atoms with Crippen LogP contribution in [0.25, 0.3) is 0 Å². The van der Waals surface area contributed by atoms with Crippen LogP contribution in [0.4, 0.5) is 0 Å². The number of thiophene rings is 1. The number of nitrogens with one attached hydrogen (secondary N) is 2. The van der Waals surface area contributed by atoms with E-state index in [0.717, 1.165) is 17.8 Å². The summed E-state index contributed by atoms with van der Waals surface area (Å²) in [4.78, 5) is 34.7. The summed E-state index contributed by atoms with van der Waals surface area (Å²) in [5.41, 5.74) is 0. The summed E-state index contributed by atoms with van der Waals surface area (Å²) in [7, 11) is 0. The summed E-state index contributed by atoms with van der Waals surface area (Å²) in [5.74, 6) is -1.78. The Kier molecular flexibility index (Phi) is 5.69. The number of carbonyl (C=O) groups excluding carboxylic acids is 2. The van der Waals surface area contributed by atoms with E-state index in [4.69, 9.17) is 5.11 Å². The molecule has 2 unspecified atom stereocenters. The molecular formula is C13H18N2O4S. The Hall–Kier alpha value is -1.89. The van der Waals surface area contributed by atoms with Crippen LogP contribution in [0.1, 0.15) is 46.5 Å². The van der Waals surface area contributed by atoms with E-state index in [-0.39, 0.29) is 21.7 Å². The van der Waals surface area contributed by atoms with Crippen molar-refractivity contribution in [1.82, 2.24) is 10.6 Å². The first kappa shape index (κ1) is 16.2. The van der Waals surface area contributed by atoms with Crippen molar-refractivity contribution >= 4 is 29.1 Å². The Labute approximate surface area is 121 Å². The van der Waals surface area contributed by atoms with E-state index in [9.17, 15) is 14.4 Å². The molecule has 0 saturated heterocycles. The molecule has 1 rings (SSSR count). The molecule has 1 aromatic heterocycles. The number of hydrogen-bond acceptors (Lipinski definition) is 4. The summed E-state index contributed by atoms with van der Waals surface area (Å²) in [5, 5.41) is 14.1. The maximum absolute atomic E-state index is 11.9. The van der Waals surface area contributed by atoms with Crippen LogP contribution in [0, 0.1) is 0 Å². The number of carbonyl (C=O) groups is 3. The van der Waals surface area contributed by atoms with Gasteiger partial charge >= 0.3 is 5.97 Å². The third-order valence-corrected chi connectivity index (χ3v) is 3.85. The number of carboxylic acid groups (broad SMARTS) is 1. The van der Waals surface area contributed by atoms with Gasteiger partial charge in [-0.15, -0.1) is 11.3 Å². The van der Waals surface area contributed by atoms with Crippen LogP contribution in [0.5, 0.6) is 0 Å². The van der Waals surface area contributed by atoms with E-state index in [0.29, 0.717) is 0 Å². The molecule has 2 amide bonds. The lowest BCUT2D eigenvalue weighted by Gasteiger charge is -2.17. The van der Waals surface area contributed by atoms with Crippen LogP contribution in [-0.4, -0.2) is 35.0 Å². The molecule has 0 aliphatic heterocycles. The molecule has 20 heavy (non-hydrogen) atoms. The highest BCUT2D eigenvalue weighted by atomic mass is 32.1. The molecule has 2 atom stereocenters. The Morgan fingerprint density at radius 1 is 1.20 bits per heavy atom. The van der Waals surface area contributed by atoms with Crippen molar-refractivity contribution < 1.29 is 19.5 Å². The predicted octanol–water partition coefficient (Wildman–Crippen LogP) is 1.48. The van der Waals surface area contributed by atoms with Gasteiger partial charge in [0.15, 0.2) is 0 Å². The molecule has 0 aliphatic carbocycles. The zero-order chi connectivity index (χ0) is 15.3. The largest absolute Gasteiger partial charge is 0.477 e. The first-order valence-corrected chi connectivity index (χ1v) is 7.11. The Morgan fingerprint density at radius 3 is 2.30 bits per heavy atom. The third-order valence-electron chi connectivity index (χ3n) is 2.78. The molecular weight excluding hydrogens is 280 g/mol. The summed E-state index contributed by atoms with van der Waals surface area (Å²) in [6.45, 7) is 5.42. The molecule has 0 bridgehead atoms. The van der Waals surface area contributed by atoms with Crippen LogP contribution in [0.2, 0.25) is 0 Å². The fourth-order valence-electron chi connectivity index (χ4n) is 1.38. The summed E-state index contributed by atoms with van der Waals surface area (Å²) < 4.78 is 0. The van der Waals surface area contributed by atoms with Crippen molar-refractivity contribution in [2.24, 2.45) is 0 Å². The lowest BCUT2D eigenvalue weighted by Crippen LogP contribution is -2.47. The van der Waals surface area contributed by atoms with Gasteiger partial charge < -0.3 is 15.7 Å². The molecule has 0 radical (unpaired) electrons. The van der Waals surface area contributed by atoms with Gasteiger partial charge in [0.05, 0.1) is 4.88 Å². The Bertz CT molecular complexity index is 512. The van der Waals surface area contributed by atoms with Crippen molar-refractivity contribution in [3.05, 3.63) is 21.9 Å². The van der Waals surface area contributed by atoms with E-state index >= 15 is 0 Å². The van der Waals surface area contributed by atoms with Gasteiger partial charge in [-0.1, -0.05) is 6.92 Å². The van der Waals surface area contributed by atoms with Gasteiger partial charge in [0.25, 0.3) is 5.91 Å². The Balaban J connectivity index is 2.60. The molecule has 0 saturated carbocycles. The molecule has 0 aliphatic rings. The number of carboxylic acids is 1. The SMILES string of the molecule is CCC(C)NC(=O)C(C)NC(=O)c1ccc(C(=O)O)s1. The van der Waals surface area contributed by atoms with Gasteiger partial charge in [0.2, 0.25) is 5.91 Å². The highest BCUT2D eigenvalue weighted by molar-refractivity contribution is 7.15. The second-order valence-corrected chi connectivity index (χ2v) is 5.57. The number of amides is 2. The van der Waals surface area contributed by atoms with E-state index in [1.807, 2.05) is 13.8 Å². The minimum atomic E-state index is -1.07. The van der Waals surface area contributed by atoms with Gasteiger partial charge in [-0.25, -0.2) is 4.79 Å². The van der Waals surface area contributed by atoms with Crippen molar-refractivity contribution in [1.29, 1.82) is 0 Å². The van der Waals surface area contributed by atoms with Crippen LogP contribution >= 0.6 is 11.3 Å². The van der Waals surface area contributed by atoms with Gasteiger partial charge in [-0.3, -0.25) is 9.59 Å². The second kappa shape index (κ2) is 7.04. The molecule has 1 aromatic rings. The first-order valence-electron chi connectivity index (χ1n) is 6.29. The molecule has 7 heteroatoms. The monoisotopic (exact) mass is 298 g/mol. The maximum atomic E-state index is 11.9. The molecule has 0 aromatic carbocycles. The van der Waals surface area contributed by atoms with E-state index < -0.39 is 17.9 Å². The van der Waals surface area contributed by atoms with Crippen molar-refractivity contribution in [2.45, 2.75) is 39.3 Å². The molecule has 0 fully saturated rings. The average Bonchev–Trinajstić information content (AvgIpc) is 2.88. The quantitative estimate of drug-likeness (QED) is 0.741. The van der Waals surface area contributed by atoms with Crippen molar-refractivity contribution in [3.63, 3.8) is 0 Å². The Morgan fingerprint density at radius 2 is 1.80 bits per heavy atom. The lowest BCUT2D eigenvalue weighted by molar-refractivity contribution is -0.123. The highest BCUT2D eigenvalue weighted by Crippen LogP contribution is 2.16.